The Morgan fingerprint density at radius 3 is 2.81 bits per heavy atom. The number of oxime groups is 1. The molecule has 1 N–H and O–H groups in total. The molecule has 0 spiro atoms. The van der Waals surface area contributed by atoms with Gasteiger partial charge in [-0.25, -0.2) is 4.98 Å². The number of aromatic nitrogens is 1. The zero-order valence-electron chi connectivity index (χ0n) is 8.96. The second-order valence-electron chi connectivity index (χ2n) is 2.92. The Kier molecular flexibility index (Phi) is 5.28. The van der Waals surface area contributed by atoms with E-state index in [-0.39, 0.29) is 5.25 Å². The van der Waals surface area contributed by atoms with E-state index in [0.29, 0.717) is 10.9 Å². The highest BCUT2D eigenvalue weighted by Crippen LogP contribution is 2.27. The first-order valence-corrected chi connectivity index (χ1v) is 6.18. The van der Waals surface area contributed by atoms with Crippen LogP contribution in [0.25, 0.3) is 0 Å². The zero-order valence-corrected chi connectivity index (χ0v) is 10.5. The van der Waals surface area contributed by atoms with Gasteiger partial charge in [0.25, 0.3) is 0 Å². The van der Waals surface area contributed by atoms with Crippen LogP contribution in [0.1, 0.15) is 10.8 Å². The maximum absolute atomic E-state index is 8.55. The molecule has 6 heteroatoms. The molecule has 1 rings (SSSR count). The molecule has 0 aliphatic rings. The smallest absolute Gasteiger partial charge is 0.129 e. The van der Waals surface area contributed by atoms with E-state index in [1.165, 1.54) is 6.21 Å². The average Bonchev–Trinajstić information content (AvgIpc) is 2.31. The third-order valence-corrected chi connectivity index (χ3v) is 3.21. The molecule has 0 saturated heterocycles. The van der Waals surface area contributed by atoms with Crippen LogP contribution in [0, 0.1) is 0 Å². The van der Waals surface area contributed by atoms with Crippen molar-refractivity contribution in [1.29, 1.82) is 0 Å². The van der Waals surface area contributed by atoms with E-state index in [9.17, 15) is 0 Å². The van der Waals surface area contributed by atoms with Crippen LogP contribution >= 0.6 is 23.4 Å². The lowest BCUT2D eigenvalue weighted by Gasteiger charge is -2.13. The van der Waals surface area contributed by atoms with Crippen LogP contribution in [0.15, 0.2) is 28.5 Å². The van der Waals surface area contributed by atoms with Crippen LogP contribution in [0.3, 0.4) is 0 Å². The maximum Gasteiger partial charge on any atom is 0.129 e. The number of thioether (sulfide) groups is 1. The lowest BCUT2D eigenvalue weighted by atomic mass is 10.1. The predicted molar refractivity (Wildman–Crippen MR) is 69.1 cm³/mol. The van der Waals surface area contributed by atoms with Gasteiger partial charge in [-0.1, -0.05) is 22.8 Å². The van der Waals surface area contributed by atoms with Crippen LogP contribution in [0.2, 0.25) is 5.15 Å². The van der Waals surface area contributed by atoms with Crippen LogP contribution < -0.4 is 0 Å². The first-order chi connectivity index (χ1) is 7.72. The van der Waals surface area contributed by atoms with Gasteiger partial charge in [0.05, 0.1) is 17.2 Å². The molecule has 0 bridgehead atoms. The van der Waals surface area contributed by atoms with Crippen molar-refractivity contribution in [2.45, 2.75) is 5.25 Å². The molecular weight excluding hydrogens is 246 g/mol. The van der Waals surface area contributed by atoms with E-state index < -0.39 is 0 Å². The molecule has 0 aliphatic heterocycles. The summed E-state index contributed by atoms with van der Waals surface area (Å²) in [5.41, 5.74) is 1.65. The molecule has 4 nitrogen and oxygen atoms in total. The largest absolute Gasteiger partial charge is 0.411 e. The zero-order chi connectivity index (χ0) is 12.0. The summed E-state index contributed by atoms with van der Waals surface area (Å²) < 4.78 is 0. The van der Waals surface area contributed by atoms with Crippen LogP contribution in [0.4, 0.5) is 0 Å². The van der Waals surface area contributed by atoms with Gasteiger partial charge in [0.2, 0.25) is 0 Å². The number of hydrogen-bond acceptors (Lipinski definition) is 5. The Morgan fingerprint density at radius 1 is 1.62 bits per heavy atom. The fourth-order valence-electron chi connectivity index (χ4n) is 1.27. The lowest BCUT2D eigenvalue weighted by molar-refractivity contribution is 0.322. The molecule has 0 saturated carbocycles. The standard InChI is InChI=1S/C10H12ClN3OS/c1-12-8(6-14-15)10(16-2)7-3-4-9(11)13-5-7/h3-6,10,15H,1-2H3. The van der Waals surface area contributed by atoms with Crippen molar-refractivity contribution in [2.75, 3.05) is 13.3 Å². The third kappa shape index (κ3) is 3.21. The highest BCUT2D eigenvalue weighted by Gasteiger charge is 2.15. The van der Waals surface area contributed by atoms with Gasteiger partial charge in [-0.3, -0.25) is 4.99 Å². The minimum Gasteiger partial charge on any atom is -0.411 e. The molecule has 1 heterocycles. The van der Waals surface area contributed by atoms with Gasteiger partial charge in [0, 0.05) is 13.2 Å². The number of nitrogens with zero attached hydrogens (tertiary/aromatic N) is 3. The van der Waals surface area contributed by atoms with Crippen molar-refractivity contribution in [2.24, 2.45) is 10.1 Å². The number of rotatable bonds is 4. The first kappa shape index (κ1) is 13.0. The van der Waals surface area contributed by atoms with Gasteiger partial charge in [0.1, 0.15) is 5.15 Å². The molecule has 1 unspecified atom stereocenters. The maximum atomic E-state index is 8.55. The lowest BCUT2D eigenvalue weighted by Crippen LogP contribution is -2.11. The highest BCUT2D eigenvalue weighted by atomic mass is 35.5. The second-order valence-corrected chi connectivity index (χ2v) is 4.25. The molecule has 1 aromatic heterocycles. The molecule has 0 fully saturated rings. The van der Waals surface area contributed by atoms with Gasteiger partial charge in [-0.2, -0.15) is 11.8 Å². The fraction of sp³-hybridized carbons (Fsp3) is 0.300. The van der Waals surface area contributed by atoms with Crippen molar-refractivity contribution in [3.05, 3.63) is 29.0 Å². The molecule has 0 aromatic carbocycles. The Labute approximate surface area is 103 Å². The second kappa shape index (κ2) is 6.50. The van der Waals surface area contributed by atoms with Gasteiger partial charge in [0.15, 0.2) is 0 Å². The predicted octanol–water partition coefficient (Wildman–Crippen LogP) is 2.67. The highest BCUT2D eigenvalue weighted by molar-refractivity contribution is 7.99. The Hall–Kier alpha value is -1.07. The summed E-state index contributed by atoms with van der Waals surface area (Å²) >= 11 is 7.30. The molecule has 1 aromatic rings. The summed E-state index contributed by atoms with van der Waals surface area (Å²) in [6.07, 6.45) is 4.98. The average molecular weight is 258 g/mol. The van der Waals surface area contributed by atoms with Crippen molar-refractivity contribution >= 4 is 35.3 Å². The molecular formula is C10H12ClN3OS. The molecule has 0 amide bonds. The van der Waals surface area contributed by atoms with Crippen molar-refractivity contribution in [3.63, 3.8) is 0 Å². The molecule has 16 heavy (non-hydrogen) atoms. The third-order valence-electron chi connectivity index (χ3n) is 2.01. The SMILES string of the molecule is CN=C(C=NO)C(SC)c1ccc(Cl)nc1. The van der Waals surface area contributed by atoms with Crippen molar-refractivity contribution in [3.8, 4) is 0 Å². The number of hydrogen-bond donors (Lipinski definition) is 1. The van der Waals surface area contributed by atoms with E-state index in [1.54, 1.807) is 31.1 Å². The fourth-order valence-corrected chi connectivity index (χ4v) is 2.20. The number of pyridine rings is 1. The normalized spacial score (nSPS) is 14.3. The van der Waals surface area contributed by atoms with Gasteiger partial charge >= 0.3 is 0 Å². The molecule has 1 atom stereocenters. The van der Waals surface area contributed by atoms with E-state index in [0.717, 1.165) is 5.56 Å². The summed E-state index contributed by atoms with van der Waals surface area (Å²) in [7, 11) is 1.66. The van der Waals surface area contributed by atoms with Crippen molar-refractivity contribution < 1.29 is 5.21 Å². The number of aliphatic imine (C=N–C) groups is 1. The van der Waals surface area contributed by atoms with E-state index in [2.05, 4.69) is 15.1 Å². The minimum atomic E-state index is -0.00864. The van der Waals surface area contributed by atoms with Gasteiger partial charge in [-0.15, -0.1) is 0 Å². The number of halogens is 1. The van der Waals surface area contributed by atoms with Gasteiger partial charge in [-0.05, 0) is 17.9 Å². The Balaban J connectivity index is 3.02. The van der Waals surface area contributed by atoms with Crippen molar-refractivity contribution in [1.82, 2.24) is 4.98 Å². The quantitative estimate of drug-likeness (QED) is 0.390. The van der Waals surface area contributed by atoms with E-state index in [1.807, 2.05) is 12.3 Å². The Morgan fingerprint density at radius 2 is 2.38 bits per heavy atom. The van der Waals surface area contributed by atoms with Crippen LogP contribution in [-0.2, 0) is 0 Å². The van der Waals surface area contributed by atoms with E-state index >= 15 is 0 Å². The topological polar surface area (TPSA) is 57.8 Å². The minimum absolute atomic E-state index is 0.00864. The van der Waals surface area contributed by atoms with Crippen LogP contribution in [-0.4, -0.2) is 35.4 Å². The molecule has 0 radical (unpaired) electrons. The Bertz CT molecular complexity index is 392. The first-order valence-electron chi connectivity index (χ1n) is 4.51. The summed E-state index contributed by atoms with van der Waals surface area (Å²) in [6.45, 7) is 0. The summed E-state index contributed by atoms with van der Waals surface area (Å²) in [4.78, 5) is 8.09. The molecule has 0 aliphatic carbocycles. The van der Waals surface area contributed by atoms with Crippen LogP contribution in [0.5, 0.6) is 0 Å². The summed E-state index contributed by atoms with van der Waals surface area (Å²) in [6, 6.07) is 3.61. The van der Waals surface area contributed by atoms with Gasteiger partial charge < -0.3 is 5.21 Å². The summed E-state index contributed by atoms with van der Waals surface area (Å²) in [5.74, 6) is 0. The summed E-state index contributed by atoms with van der Waals surface area (Å²) in [5, 5.41) is 12.0. The monoisotopic (exact) mass is 257 g/mol. The van der Waals surface area contributed by atoms with E-state index in [4.69, 9.17) is 16.8 Å². The molecule has 86 valence electrons.